The molecule has 1 aliphatic heterocycles. The molecule has 27 heavy (non-hydrogen) atoms. The van der Waals surface area contributed by atoms with E-state index in [-0.39, 0.29) is 17.8 Å². The molecular formula is C22H26O5. The number of benzene rings is 2. The molecule has 0 amide bonds. The summed E-state index contributed by atoms with van der Waals surface area (Å²) in [4.78, 5) is 12.8. The van der Waals surface area contributed by atoms with Crippen LogP contribution in [0.5, 0.6) is 0 Å². The van der Waals surface area contributed by atoms with Gasteiger partial charge in [0.05, 0.1) is 25.9 Å². The summed E-state index contributed by atoms with van der Waals surface area (Å²) in [7, 11) is 1.52. The molecule has 0 N–H and O–H groups in total. The second-order valence-corrected chi connectivity index (χ2v) is 6.69. The fourth-order valence-electron chi connectivity index (χ4n) is 3.09. The molecule has 144 valence electrons. The highest BCUT2D eigenvalue weighted by Gasteiger charge is 2.43. The summed E-state index contributed by atoms with van der Waals surface area (Å²) in [5.41, 5.74) is 2.08. The van der Waals surface area contributed by atoms with E-state index in [9.17, 15) is 4.79 Å². The van der Waals surface area contributed by atoms with Gasteiger partial charge in [-0.15, -0.1) is 0 Å². The summed E-state index contributed by atoms with van der Waals surface area (Å²) >= 11 is 0. The molecule has 4 atom stereocenters. The highest BCUT2D eigenvalue weighted by Crippen LogP contribution is 2.26. The summed E-state index contributed by atoms with van der Waals surface area (Å²) in [5.74, 6) is -0.342. The number of carbonyl (C=O) groups excluding carboxylic acids is 1. The average molecular weight is 370 g/mol. The summed E-state index contributed by atoms with van der Waals surface area (Å²) in [6, 6.07) is 19.6. The number of carbonyl (C=O) groups is 1. The molecule has 0 bridgehead atoms. The van der Waals surface area contributed by atoms with E-state index in [1.54, 1.807) is 0 Å². The van der Waals surface area contributed by atoms with Crippen LogP contribution in [0.25, 0.3) is 0 Å². The van der Waals surface area contributed by atoms with E-state index in [4.69, 9.17) is 18.9 Å². The number of ether oxygens (including phenoxy) is 4. The van der Waals surface area contributed by atoms with Gasteiger partial charge in [0.1, 0.15) is 0 Å². The van der Waals surface area contributed by atoms with Crippen LogP contribution in [0.2, 0.25) is 0 Å². The largest absolute Gasteiger partial charge is 0.374 e. The average Bonchev–Trinajstić information content (AvgIpc) is 2.72. The van der Waals surface area contributed by atoms with E-state index in [0.29, 0.717) is 19.8 Å². The lowest BCUT2D eigenvalue weighted by Crippen LogP contribution is -2.53. The number of ketones is 1. The van der Waals surface area contributed by atoms with Gasteiger partial charge in [0, 0.05) is 13.0 Å². The van der Waals surface area contributed by atoms with E-state index in [2.05, 4.69) is 0 Å². The molecular weight excluding hydrogens is 344 g/mol. The van der Waals surface area contributed by atoms with Crippen molar-refractivity contribution in [1.29, 1.82) is 0 Å². The molecule has 2 unspecified atom stereocenters. The third kappa shape index (κ3) is 5.23. The Hall–Kier alpha value is -2.05. The van der Waals surface area contributed by atoms with Crippen LogP contribution >= 0.6 is 0 Å². The quantitative estimate of drug-likeness (QED) is 0.713. The van der Waals surface area contributed by atoms with Crippen molar-refractivity contribution in [1.82, 2.24) is 0 Å². The predicted octanol–water partition coefficient (Wildman–Crippen LogP) is 3.37. The molecule has 0 radical (unpaired) electrons. The highest BCUT2D eigenvalue weighted by atomic mass is 16.7. The van der Waals surface area contributed by atoms with Gasteiger partial charge in [0.2, 0.25) is 0 Å². The van der Waals surface area contributed by atoms with Crippen molar-refractivity contribution in [3.8, 4) is 0 Å². The molecule has 0 aliphatic carbocycles. The molecule has 1 aliphatic rings. The molecule has 0 spiro atoms. The molecule has 2 aromatic carbocycles. The predicted molar refractivity (Wildman–Crippen MR) is 101 cm³/mol. The zero-order valence-corrected chi connectivity index (χ0v) is 15.7. The van der Waals surface area contributed by atoms with Crippen LogP contribution in [0.4, 0.5) is 0 Å². The minimum Gasteiger partial charge on any atom is -0.374 e. The first-order chi connectivity index (χ1) is 13.2. The monoisotopic (exact) mass is 370 g/mol. The Morgan fingerprint density at radius 1 is 0.926 bits per heavy atom. The molecule has 5 nitrogen and oxygen atoms in total. The van der Waals surface area contributed by atoms with E-state index in [0.717, 1.165) is 11.1 Å². The van der Waals surface area contributed by atoms with Crippen molar-refractivity contribution in [3.63, 3.8) is 0 Å². The van der Waals surface area contributed by atoms with Crippen molar-refractivity contribution in [2.24, 2.45) is 5.92 Å². The minimum atomic E-state index is -0.740. The molecule has 1 fully saturated rings. The molecule has 0 aromatic heterocycles. The molecule has 5 heteroatoms. The second kappa shape index (κ2) is 9.76. The molecule has 0 saturated carbocycles. The summed E-state index contributed by atoms with van der Waals surface area (Å²) < 4.78 is 22.9. The van der Waals surface area contributed by atoms with E-state index >= 15 is 0 Å². The van der Waals surface area contributed by atoms with E-state index < -0.39 is 12.4 Å². The molecule has 1 heterocycles. The lowest BCUT2D eigenvalue weighted by atomic mass is 9.92. The van der Waals surface area contributed by atoms with Gasteiger partial charge < -0.3 is 18.9 Å². The number of hydrogen-bond donors (Lipinski definition) is 0. The Morgan fingerprint density at radius 3 is 2.11 bits per heavy atom. The molecule has 1 saturated heterocycles. The molecule has 2 aromatic rings. The van der Waals surface area contributed by atoms with Gasteiger partial charge in [0.25, 0.3) is 0 Å². The van der Waals surface area contributed by atoms with Gasteiger partial charge in [-0.1, -0.05) is 67.6 Å². The number of methoxy groups -OCH3 is 1. The number of rotatable bonds is 8. The van der Waals surface area contributed by atoms with Crippen molar-refractivity contribution in [2.75, 3.05) is 13.7 Å². The van der Waals surface area contributed by atoms with Crippen molar-refractivity contribution in [3.05, 3.63) is 71.8 Å². The smallest absolute Gasteiger partial charge is 0.191 e. The first kappa shape index (κ1) is 19.7. The van der Waals surface area contributed by atoms with Crippen LogP contribution in [0.3, 0.4) is 0 Å². The second-order valence-electron chi connectivity index (χ2n) is 6.69. The zero-order valence-electron chi connectivity index (χ0n) is 15.7. The van der Waals surface area contributed by atoms with Crippen LogP contribution in [0.1, 0.15) is 18.1 Å². The number of hydrogen-bond acceptors (Lipinski definition) is 5. The van der Waals surface area contributed by atoms with Crippen molar-refractivity contribution < 1.29 is 23.7 Å². The SMILES string of the molecule is CO[C@@H]1OC(COCc2ccccc2)[C@H](C)C(=O)C1OCc1ccccc1. The lowest BCUT2D eigenvalue weighted by molar-refractivity contribution is -0.250. The van der Waals surface area contributed by atoms with Gasteiger partial charge in [0.15, 0.2) is 18.2 Å². The fraction of sp³-hybridized carbons (Fsp3) is 0.409. The van der Waals surface area contributed by atoms with Crippen LogP contribution < -0.4 is 0 Å². The standard InChI is InChI=1S/C22H26O5/c1-16-19(15-25-13-17-9-5-3-6-10-17)27-22(24-2)21(20(16)23)26-14-18-11-7-4-8-12-18/h3-12,16,19,21-22H,13-15H2,1-2H3/t16-,19?,21?,22+/m0/s1. The fourth-order valence-corrected chi connectivity index (χ4v) is 3.09. The first-order valence-electron chi connectivity index (χ1n) is 9.18. The maximum absolute atomic E-state index is 12.8. The van der Waals surface area contributed by atoms with Gasteiger partial charge >= 0.3 is 0 Å². The van der Waals surface area contributed by atoms with Gasteiger partial charge in [-0.05, 0) is 11.1 Å². The summed E-state index contributed by atoms with van der Waals surface area (Å²) in [5, 5.41) is 0. The van der Waals surface area contributed by atoms with Crippen LogP contribution in [-0.4, -0.2) is 38.0 Å². The van der Waals surface area contributed by atoms with Crippen molar-refractivity contribution >= 4 is 5.78 Å². The lowest BCUT2D eigenvalue weighted by Gasteiger charge is -2.38. The van der Waals surface area contributed by atoms with Gasteiger partial charge in [-0.2, -0.15) is 0 Å². The summed E-state index contributed by atoms with van der Waals surface area (Å²) in [6.07, 6.45) is -1.83. The Morgan fingerprint density at radius 2 is 1.52 bits per heavy atom. The van der Waals surface area contributed by atoms with Crippen molar-refractivity contribution in [2.45, 2.75) is 38.6 Å². The Labute approximate surface area is 160 Å². The van der Waals surface area contributed by atoms with Crippen LogP contribution in [0.15, 0.2) is 60.7 Å². The maximum atomic E-state index is 12.8. The Bertz CT molecular complexity index is 703. The number of Topliss-reactive ketones (excluding diaryl/α,β-unsaturated/α-hetero) is 1. The van der Waals surface area contributed by atoms with E-state index in [1.807, 2.05) is 67.6 Å². The third-order valence-corrected chi connectivity index (χ3v) is 4.74. The third-order valence-electron chi connectivity index (χ3n) is 4.74. The highest BCUT2D eigenvalue weighted by molar-refractivity contribution is 5.86. The Balaban J connectivity index is 1.55. The molecule has 3 rings (SSSR count). The normalized spacial score (nSPS) is 25.5. The van der Waals surface area contributed by atoms with E-state index in [1.165, 1.54) is 7.11 Å². The van der Waals surface area contributed by atoms with Crippen LogP contribution in [0, 0.1) is 5.92 Å². The maximum Gasteiger partial charge on any atom is 0.191 e. The van der Waals surface area contributed by atoms with Crippen LogP contribution in [-0.2, 0) is 37.0 Å². The topological polar surface area (TPSA) is 54.0 Å². The summed E-state index contributed by atoms with van der Waals surface area (Å²) in [6.45, 7) is 2.99. The van der Waals surface area contributed by atoms with Gasteiger partial charge in [-0.25, -0.2) is 0 Å². The zero-order chi connectivity index (χ0) is 19.1. The first-order valence-corrected chi connectivity index (χ1v) is 9.18. The minimum absolute atomic E-state index is 0.0163. The Kier molecular flexibility index (Phi) is 7.12. The van der Waals surface area contributed by atoms with Gasteiger partial charge in [-0.3, -0.25) is 4.79 Å².